The van der Waals surface area contributed by atoms with Crippen molar-refractivity contribution in [3.05, 3.63) is 161 Å². The number of para-hydroxylation sites is 2. The molecular formula is C43H29N3O. The first-order valence-electron chi connectivity index (χ1n) is 16.1. The maximum absolute atomic E-state index is 14.5. The smallest absolute Gasteiger partial charge is 0.263 e. The van der Waals surface area contributed by atoms with Gasteiger partial charge < -0.3 is 0 Å². The van der Waals surface area contributed by atoms with Crippen LogP contribution in [0.1, 0.15) is 25.0 Å². The molecule has 4 nitrogen and oxygen atoms in total. The molecule has 0 spiro atoms. The average molecular weight is 604 g/mol. The van der Waals surface area contributed by atoms with Crippen LogP contribution >= 0.6 is 0 Å². The Morgan fingerprint density at radius 3 is 2.15 bits per heavy atom. The lowest BCUT2D eigenvalue weighted by Crippen LogP contribution is -2.19. The lowest BCUT2D eigenvalue weighted by atomic mass is 9.82. The second kappa shape index (κ2) is 9.27. The summed E-state index contributed by atoms with van der Waals surface area (Å²) >= 11 is 0. The molecule has 10 rings (SSSR count). The van der Waals surface area contributed by atoms with E-state index in [-0.39, 0.29) is 11.0 Å². The molecule has 1 aliphatic rings. The molecule has 0 saturated heterocycles. The summed E-state index contributed by atoms with van der Waals surface area (Å²) in [5, 5.41) is 7.28. The van der Waals surface area contributed by atoms with Crippen molar-refractivity contribution >= 4 is 54.3 Å². The second-order valence-electron chi connectivity index (χ2n) is 13.2. The molecule has 0 radical (unpaired) electrons. The monoisotopic (exact) mass is 603 g/mol. The van der Waals surface area contributed by atoms with Gasteiger partial charge in [-0.15, -0.1) is 0 Å². The molecule has 4 heteroatoms. The van der Waals surface area contributed by atoms with Gasteiger partial charge in [0.2, 0.25) is 0 Å². The summed E-state index contributed by atoms with van der Waals surface area (Å²) in [6.45, 7) is 4.63. The van der Waals surface area contributed by atoms with E-state index < -0.39 is 0 Å². The first-order valence-corrected chi connectivity index (χ1v) is 16.1. The molecule has 0 atom stereocenters. The third kappa shape index (κ3) is 3.47. The molecule has 3 aromatic heterocycles. The number of hydrogen-bond donors (Lipinski definition) is 0. The number of fused-ring (bicyclic) bond motifs is 11. The first kappa shape index (κ1) is 26.2. The van der Waals surface area contributed by atoms with Crippen LogP contribution in [0.25, 0.3) is 76.9 Å². The maximum Gasteiger partial charge on any atom is 0.263 e. The van der Waals surface area contributed by atoms with Crippen LogP contribution in [0.5, 0.6) is 0 Å². The van der Waals surface area contributed by atoms with Crippen LogP contribution in [-0.2, 0) is 5.41 Å². The van der Waals surface area contributed by atoms with Crippen LogP contribution in [-0.4, -0.2) is 14.1 Å². The normalized spacial score (nSPS) is 13.6. The summed E-state index contributed by atoms with van der Waals surface area (Å²) in [4.78, 5) is 19.6. The van der Waals surface area contributed by atoms with Gasteiger partial charge in [0.05, 0.1) is 21.9 Å². The van der Waals surface area contributed by atoms with Gasteiger partial charge in [-0.2, -0.15) is 0 Å². The molecule has 222 valence electrons. The van der Waals surface area contributed by atoms with E-state index in [1.165, 1.54) is 43.8 Å². The minimum absolute atomic E-state index is 0.0581. The van der Waals surface area contributed by atoms with Crippen molar-refractivity contribution in [3.63, 3.8) is 0 Å². The molecule has 47 heavy (non-hydrogen) atoms. The molecule has 0 amide bonds. The van der Waals surface area contributed by atoms with Crippen LogP contribution < -0.4 is 5.56 Å². The SMILES string of the molecule is CC1(C)c2ccccc2-c2cc3c4c5ccccc5ccc4n(-c4cc5c(=O)n(-c6ccccc6)c6ccccc6c5cn4)c3cc21. The van der Waals surface area contributed by atoms with Crippen molar-refractivity contribution in [2.24, 2.45) is 0 Å². The van der Waals surface area contributed by atoms with Crippen LogP contribution in [0.4, 0.5) is 0 Å². The van der Waals surface area contributed by atoms with Gasteiger partial charge in [0, 0.05) is 38.8 Å². The Labute approximate surface area is 270 Å². The number of pyridine rings is 2. The Balaban J connectivity index is 1.34. The van der Waals surface area contributed by atoms with Crippen molar-refractivity contribution in [2.45, 2.75) is 19.3 Å². The standard InChI is InChI=1S/C43H29N3O/c1-43(2)35-18-10-8-16-29(35)31-22-33-39(24-36(31)43)46(38-21-20-26-12-6-7-15-28(26)41(33)38)40-23-32-34(25-44-40)30-17-9-11-19-37(30)45(42(32)47)27-13-4-3-5-14-27/h3-25H,1-2H3. The predicted octanol–water partition coefficient (Wildman–Crippen LogP) is 10.1. The lowest BCUT2D eigenvalue weighted by molar-refractivity contribution is 0.661. The third-order valence-electron chi connectivity index (χ3n) is 10.4. The third-order valence-corrected chi connectivity index (χ3v) is 10.4. The fourth-order valence-corrected chi connectivity index (χ4v) is 8.15. The van der Waals surface area contributed by atoms with Crippen molar-refractivity contribution in [1.29, 1.82) is 0 Å². The number of benzene rings is 6. The van der Waals surface area contributed by atoms with Crippen LogP contribution in [0.2, 0.25) is 0 Å². The molecule has 0 bridgehead atoms. The topological polar surface area (TPSA) is 39.8 Å². The zero-order valence-corrected chi connectivity index (χ0v) is 26.0. The summed E-state index contributed by atoms with van der Waals surface area (Å²) in [6, 6.07) is 46.5. The molecular weight excluding hydrogens is 574 g/mol. The highest BCUT2D eigenvalue weighted by atomic mass is 16.1. The molecule has 0 unspecified atom stereocenters. The van der Waals surface area contributed by atoms with E-state index in [0.717, 1.165) is 38.8 Å². The number of rotatable bonds is 2. The Hall–Kier alpha value is -6.00. The quantitative estimate of drug-likeness (QED) is 0.185. The van der Waals surface area contributed by atoms with Crippen LogP contribution in [0, 0.1) is 0 Å². The Bertz CT molecular complexity index is 2840. The zero-order chi connectivity index (χ0) is 31.4. The van der Waals surface area contributed by atoms with E-state index in [9.17, 15) is 4.79 Å². The Kier molecular flexibility index (Phi) is 5.18. The Morgan fingerprint density at radius 1 is 0.532 bits per heavy atom. The lowest BCUT2D eigenvalue weighted by Gasteiger charge is -2.21. The molecule has 0 fully saturated rings. The van der Waals surface area contributed by atoms with Gasteiger partial charge in [0.1, 0.15) is 5.82 Å². The first-order chi connectivity index (χ1) is 23.0. The highest BCUT2D eigenvalue weighted by Crippen LogP contribution is 2.51. The van der Waals surface area contributed by atoms with Gasteiger partial charge in [-0.05, 0) is 75.5 Å². The average Bonchev–Trinajstić information content (AvgIpc) is 3.56. The van der Waals surface area contributed by atoms with E-state index in [1.807, 2.05) is 65.4 Å². The summed E-state index contributed by atoms with van der Waals surface area (Å²) in [7, 11) is 0. The van der Waals surface area contributed by atoms with Crippen molar-refractivity contribution in [2.75, 3.05) is 0 Å². The predicted molar refractivity (Wildman–Crippen MR) is 194 cm³/mol. The van der Waals surface area contributed by atoms with Gasteiger partial charge >= 0.3 is 0 Å². The molecule has 0 saturated carbocycles. The van der Waals surface area contributed by atoms with E-state index in [4.69, 9.17) is 4.98 Å². The van der Waals surface area contributed by atoms with Gasteiger partial charge in [-0.1, -0.05) is 105 Å². The summed E-state index contributed by atoms with van der Waals surface area (Å²) in [6.07, 6.45) is 1.88. The van der Waals surface area contributed by atoms with Crippen molar-refractivity contribution < 1.29 is 0 Å². The summed E-state index contributed by atoms with van der Waals surface area (Å²) in [5.41, 5.74) is 8.90. The van der Waals surface area contributed by atoms with Gasteiger partial charge in [0.25, 0.3) is 5.56 Å². The van der Waals surface area contributed by atoms with Crippen molar-refractivity contribution in [3.8, 4) is 22.6 Å². The zero-order valence-electron chi connectivity index (χ0n) is 26.0. The highest BCUT2D eigenvalue weighted by molar-refractivity contribution is 6.22. The van der Waals surface area contributed by atoms with Gasteiger partial charge in [-0.25, -0.2) is 4.98 Å². The second-order valence-corrected chi connectivity index (χ2v) is 13.2. The van der Waals surface area contributed by atoms with Crippen LogP contribution in [0.15, 0.2) is 144 Å². The minimum atomic E-state index is -0.150. The fourth-order valence-electron chi connectivity index (χ4n) is 8.15. The van der Waals surface area contributed by atoms with E-state index in [0.29, 0.717) is 5.39 Å². The fraction of sp³-hybridized carbons (Fsp3) is 0.0698. The Morgan fingerprint density at radius 2 is 1.28 bits per heavy atom. The molecule has 9 aromatic rings. The molecule has 6 aromatic carbocycles. The molecule has 1 aliphatic carbocycles. The van der Waals surface area contributed by atoms with Crippen LogP contribution in [0.3, 0.4) is 0 Å². The molecule has 3 heterocycles. The van der Waals surface area contributed by atoms with Gasteiger partial charge in [-0.3, -0.25) is 13.9 Å². The molecule has 0 aliphatic heterocycles. The van der Waals surface area contributed by atoms with E-state index >= 15 is 0 Å². The molecule has 0 N–H and O–H groups in total. The minimum Gasteiger partial charge on any atom is -0.294 e. The van der Waals surface area contributed by atoms with Crippen molar-refractivity contribution in [1.82, 2.24) is 14.1 Å². The number of hydrogen-bond acceptors (Lipinski definition) is 2. The van der Waals surface area contributed by atoms with Gasteiger partial charge in [0.15, 0.2) is 0 Å². The van der Waals surface area contributed by atoms with E-state index in [1.54, 1.807) is 0 Å². The summed E-state index contributed by atoms with van der Waals surface area (Å²) < 4.78 is 4.09. The largest absolute Gasteiger partial charge is 0.294 e. The number of nitrogens with zero attached hydrogens (tertiary/aromatic N) is 3. The number of aromatic nitrogens is 3. The van der Waals surface area contributed by atoms with E-state index in [2.05, 4.69) is 97.3 Å². The maximum atomic E-state index is 14.5. The summed E-state index contributed by atoms with van der Waals surface area (Å²) in [5.74, 6) is 0.730. The highest BCUT2D eigenvalue weighted by Gasteiger charge is 2.36.